The van der Waals surface area contributed by atoms with Crippen molar-refractivity contribution in [3.63, 3.8) is 0 Å². The standard InChI is InChI=1S/C24H24N2O2/c1-18-11-13-20(14-12-18)28-17-24-25-21-8-4-5-9-22(21)26(24)15-16-27-23-10-6-3-7-19(23)2/h3-14H,15-17H2,1-2H3. The van der Waals surface area contributed by atoms with E-state index in [1.54, 1.807) is 0 Å². The normalized spacial score (nSPS) is 10.9. The first-order valence-electron chi connectivity index (χ1n) is 9.53. The average molecular weight is 372 g/mol. The van der Waals surface area contributed by atoms with Crippen molar-refractivity contribution in [3.8, 4) is 11.5 Å². The monoisotopic (exact) mass is 372 g/mol. The van der Waals surface area contributed by atoms with Gasteiger partial charge in [0.2, 0.25) is 0 Å². The summed E-state index contributed by atoms with van der Waals surface area (Å²) >= 11 is 0. The van der Waals surface area contributed by atoms with Crippen LogP contribution < -0.4 is 9.47 Å². The lowest BCUT2D eigenvalue weighted by Gasteiger charge is -2.13. The number of ether oxygens (including phenoxy) is 2. The Hall–Kier alpha value is -3.27. The third-order valence-corrected chi connectivity index (χ3v) is 4.79. The van der Waals surface area contributed by atoms with Crippen LogP contribution >= 0.6 is 0 Å². The number of hydrogen-bond acceptors (Lipinski definition) is 3. The Labute approximate surface area is 165 Å². The molecule has 4 aromatic rings. The minimum absolute atomic E-state index is 0.419. The van der Waals surface area contributed by atoms with Gasteiger partial charge in [-0.2, -0.15) is 0 Å². The Bertz CT molecular complexity index is 1070. The highest BCUT2D eigenvalue weighted by atomic mass is 16.5. The summed E-state index contributed by atoms with van der Waals surface area (Å²) in [6.45, 7) is 5.83. The molecule has 0 aliphatic rings. The fourth-order valence-electron chi connectivity index (χ4n) is 3.23. The second kappa shape index (κ2) is 8.17. The summed E-state index contributed by atoms with van der Waals surface area (Å²) in [4.78, 5) is 4.77. The van der Waals surface area contributed by atoms with Gasteiger partial charge in [0.05, 0.1) is 17.6 Å². The van der Waals surface area contributed by atoms with Gasteiger partial charge in [-0.15, -0.1) is 0 Å². The quantitative estimate of drug-likeness (QED) is 0.441. The first-order chi connectivity index (χ1) is 13.7. The molecule has 3 aromatic carbocycles. The van der Waals surface area contributed by atoms with Gasteiger partial charge in [-0.25, -0.2) is 4.98 Å². The average Bonchev–Trinajstić information content (AvgIpc) is 3.07. The van der Waals surface area contributed by atoms with E-state index in [-0.39, 0.29) is 0 Å². The molecular weight excluding hydrogens is 348 g/mol. The predicted octanol–water partition coefficient (Wildman–Crippen LogP) is 5.31. The molecule has 4 heteroatoms. The first kappa shape index (κ1) is 18.1. The summed E-state index contributed by atoms with van der Waals surface area (Å²) < 4.78 is 14.2. The van der Waals surface area contributed by atoms with Crippen LogP contribution in [0, 0.1) is 13.8 Å². The SMILES string of the molecule is Cc1ccc(OCc2nc3ccccc3n2CCOc2ccccc2C)cc1. The van der Waals surface area contributed by atoms with Crippen molar-refractivity contribution >= 4 is 11.0 Å². The molecule has 0 fully saturated rings. The molecule has 0 aliphatic heterocycles. The van der Waals surface area contributed by atoms with Crippen LogP contribution in [0.25, 0.3) is 11.0 Å². The molecule has 0 bridgehead atoms. The van der Waals surface area contributed by atoms with Gasteiger partial charge in [0.15, 0.2) is 0 Å². The van der Waals surface area contributed by atoms with Crippen molar-refractivity contribution in [2.75, 3.05) is 6.61 Å². The largest absolute Gasteiger partial charge is 0.491 e. The van der Waals surface area contributed by atoms with Gasteiger partial charge in [0, 0.05) is 0 Å². The zero-order valence-corrected chi connectivity index (χ0v) is 16.3. The van der Waals surface area contributed by atoms with Crippen LogP contribution in [-0.4, -0.2) is 16.2 Å². The number of para-hydroxylation sites is 3. The molecule has 28 heavy (non-hydrogen) atoms. The van der Waals surface area contributed by atoms with Gasteiger partial charge >= 0.3 is 0 Å². The van der Waals surface area contributed by atoms with Crippen LogP contribution in [0.1, 0.15) is 17.0 Å². The maximum Gasteiger partial charge on any atom is 0.148 e. The highest BCUT2D eigenvalue weighted by Crippen LogP contribution is 2.20. The van der Waals surface area contributed by atoms with E-state index in [0.717, 1.165) is 33.9 Å². The minimum atomic E-state index is 0.419. The van der Waals surface area contributed by atoms with E-state index in [0.29, 0.717) is 19.8 Å². The highest BCUT2D eigenvalue weighted by molar-refractivity contribution is 5.75. The van der Waals surface area contributed by atoms with E-state index in [1.807, 2.05) is 60.7 Å². The van der Waals surface area contributed by atoms with Gasteiger partial charge < -0.3 is 14.0 Å². The number of fused-ring (bicyclic) bond motifs is 1. The Morgan fingerprint density at radius 2 is 1.57 bits per heavy atom. The number of aromatic nitrogens is 2. The molecule has 0 spiro atoms. The van der Waals surface area contributed by atoms with E-state index in [4.69, 9.17) is 14.5 Å². The third kappa shape index (κ3) is 4.01. The molecule has 0 saturated heterocycles. The van der Waals surface area contributed by atoms with E-state index in [9.17, 15) is 0 Å². The molecule has 4 nitrogen and oxygen atoms in total. The summed E-state index contributed by atoms with van der Waals surface area (Å²) in [5.74, 6) is 2.67. The molecule has 0 radical (unpaired) electrons. The van der Waals surface area contributed by atoms with Crippen molar-refractivity contribution in [1.82, 2.24) is 9.55 Å². The lowest BCUT2D eigenvalue weighted by molar-refractivity contribution is 0.271. The second-order valence-corrected chi connectivity index (χ2v) is 6.88. The van der Waals surface area contributed by atoms with Crippen LogP contribution in [0.4, 0.5) is 0 Å². The highest BCUT2D eigenvalue weighted by Gasteiger charge is 2.11. The van der Waals surface area contributed by atoms with Crippen molar-refractivity contribution in [3.05, 3.63) is 89.7 Å². The van der Waals surface area contributed by atoms with Gasteiger partial charge in [0.25, 0.3) is 0 Å². The number of hydrogen-bond donors (Lipinski definition) is 0. The molecule has 0 unspecified atom stereocenters. The number of imidazole rings is 1. The molecule has 0 amide bonds. The van der Waals surface area contributed by atoms with Crippen LogP contribution in [0.15, 0.2) is 72.8 Å². The van der Waals surface area contributed by atoms with Crippen molar-refractivity contribution in [2.45, 2.75) is 27.0 Å². The fraction of sp³-hybridized carbons (Fsp3) is 0.208. The Morgan fingerprint density at radius 1 is 0.821 bits per heavy atom. The van der Waals surface area contributed by atoms with E-state index in [1.165, 1.54) is 5.56 Å². The lowest BCUT2D eigenvalue weighted by Crippen LogP contribution is -2.13. The molecule has 0 N–H and O–H groups in total. The van der Waals surface area contributed by atoms with E-state index >= 15 is 0 Å². The molecule has 1 heterocycles. The topological polar surface area (TPSA) is 36.3 Å². The summed E-state index contributed by atoms with van der Waals surface area (Å²) in [7, 11) is 0. The third-order valence-electron chi connectivity index (χ3n) is 4.79. The van der Waals surface area contributed by atoms with Crippen molar-refractivity contribution in [2.24, 2.45) is 0 Å². The number of benzene rings is 3. The smallest absolute Gasteiger partial charge is 0.148 e. The van der Waals surface area contributed by atoms with Gasteiger partial charge in [0.1, 0.15) is 30.5 Å². The zero-order valence-electron chi connectivity index (χ0n) is 16.3. The Morgan fingerprint density at radius 3 is 2.39 bits per heavy atom. The van der Waals surface area contributed by atoms with Crippen LogP contribution in [0.5, 0.6) is 11.5 Å². The van der Waals surface area contributed by atoms with Gasteiger partial charge in [-0.05, 0) is 49.7 Å². The maximum absolute atomic E-state index is 6.00. The molecular formula is C24H24N2O2. The molecule has 1 aromatic heterocycles. The lowest BCUT2D eigenvalue weighted by atomic mass is 10.2. The first-order valence-corrected chi connectivity index (χ1v) is 9.53. The van der Waals surface area contributed by atoms with Crippen LogP contribution in [-0.2, 0) is 13.2 Å². The minimum Gasteiger partial charge on any atom is -0.491 e. The van der Waals surface area contributed by atoms with Crippen LogP contribution in [0.3, 0.4) is 0 Å². The Kier molecular flexibility index (Phi) is 5.29. The van der Waals surface area contributed by atoms with Crippen LogP contribution in [0.2, 0.25) is 0 Å². The number of nitrogens with zero attached hydrogens (tertiary/aromatic N) is 2. The maximum atomic E-state index is 6.00. The van der Waals surface area contributed by atoms with Gasteiger partial charge in [-0.1, -0.05) is 48.0 Å². The number of rotatable bonds is 7. The van der Waals surface area contributed by atoms with E-state index < -0.39 is 0 Å². The second-order valence-electron chi connectivity index (χ2n) is 6.88. The van der Waals surface area contributed by atoms with Crippen molar-refractivity contribution in [1.29, 1.82) is 0 Å². The molecule has 0 atom stereocenters. The van der Waals surface area contributed by atoms with Crippen molar-refractivity contribution < 1.29 is 9.47 Å². The number of aryl methyl sites for hydroxylation is 2. The summed E-state index contributed by atoms with van der Waals surface area (Å²) in [6.07, 6.45) is 0. The van der Waals surface area contributed by atoms with Gasteiger partial charge in [-0.3, -0.25) is 0 Å². The fourth-order valence-corrected chi connectivity index (χ4v) is 3.23. The molecule has 4 rings (SSSR count). The van der Waals surface area contributed by atoms with E-state index in [2.05, 4.69) is 30.5 Å². The molecule has 0 saturated carbocycles. The zero-order chi connectivity index (χ0) is 19.3. The summed E-state index contributed by atoms with van der Waals surface area (Å²) in [6, 6.07) is 24.3. The summed E-state index contributed by atoms with van der Waals surface area (Å²) in [5.41, 5.74) is 4.42. The molecule has 0 aliphatic carbocycles. The predicted molar refractivity (Wildman–Crippen MR) is 112 cm³/mol. The summed E-state index contributed by atoms with van der Waals surface area (Å²) in [5, 5.41) is 0. The Balaban J connectivity index is 1.51. The molecule has 142 valence electrons.